The number of aromatic carboxylic acids is 1. The van der Waals surface area contributed by atoms with Gasteiger partial charge in [-0.15, -0.1) is 0 Å². The van der Waals surface area contributed by atoms with Gasteiger partial charge in [0.25, 0.3) is 0 Å². The highest BCUT2D eigenvalue weighted by Crippen LogP contribution is 2.20. The first-order valence-electron chi connectivity index (χ1n) is 3.80. The maximum atomic E-state index is 13.1. The third-order valence-electron chi connectivity index (χ3n) is 1.66. The van der Waals surface area contributed by atoms with E-state index in [-0.39, 0.29) is 5.69 Å². The fourth-order valence-electron chi connectivity index (χ4n) is 1.14. The summed E-state index contributed by atoms with van der Waals surface area (Å²) in [5.41, 5.74) is -0.0236. The first-order valence-corrected chi connectivity index (χ1v) is 3.80. The van der Waals surface area contributed by atoms with E-state index in [2.05, 4.69) is 5.32 Å². The molecule has 0 heterocycles. The van der Waals surface area contributed by atoms with Crippen LogP contribution in [0.4, 0.5) is 10.1 Å². The monoisotopic (exact) mass is 197 g/mol. The first-order chi connectivity index (χ1) is 6.56. The third-order valence-corrected chi connectivity index (χ3v) is 1.66. The van der Waals surface area contributed by atoms with Crippen LogP contribution >= 0.6 is 0 Å². The number of amides is 1. The summed E-state index contributed by atoms with van der Waals surface area (Å²) in [6, 6.07) is 2.49. The zero-order valence-electron chi connectivity index (χ0n) is 7.37. The lowest BCUT2D eigenvalue weighted by atomic mass is 10.1. The fourth-order valence-corrected chi connectivity index (χ4v) is 1.14. The number of anilines is 1. The Morgan fingerprint density at radius 1 is 1.57 bits per heavy atom. The Bertz CT molecular complexity index is 390. The van der Waals surface area contributed by atoms with E-state index in [1.807, 2.05) is 0 Å². The third kappa shape index (κ3) is 1.87. The molecular formula is C9H8FNO3. The number of carboxylic acids is 1. The Balaban J connectivity index is 3.35. The number of carboxylic acid groups (broad SMARTS) is 1. The van der Waals surface area contributed by atoms with Crippen LogP contribution in [0.3, 0.4) is 0 Å². The van der Waals surface area contributed by atoms with E-state index in [1.165, 1.54) is 6.07 Å². The number of halogens is 1. The molecule has 0 fully saturated rings. The van der Waals surface area contributed by atoms with Gasteiger partial charge in [-0.25, -0.2) is 9.18 Å². The van der Waals surface area contributed by atoms with Gasteiger partial charge < -0.3 is 10.4 Å². The lowest BCUT2D eigenvalue weighted by Gasteiger charge is -2.06. The number of hydrogen-bond donors (Lipinski definition) is 2. The molecule has 0 aliphatic carbocycles. The van der Waals surface area contributed by atoms with Gasteiger partial charge in [-0.1, -0.05) is 0 Å². The van der Waals surface area contributed by atoms with Crippen LogP contribution in [-0.2, 0) is 4.79 Å². The van der Waals surface area contributed by atoms with E-state index < -0.39 is 17.3 Å². The second-order valence-electron chi connectivity index (χ2n) is 2.74. The topological polar surface area (TPSA) is 66.4 Å². The minimum absolute atomic E-state index is 0.0370. The summed E-state index contributed by atoms with van der Waals surface area (Å²) in [5, 5.41) is 10.8. The van der Waals surface area contributed by atoms with Gasteiger partial charge in [-0.2, -0.15) is 0 Å². The minimum Gasteiger partial charge on any atom is -0.478 e. The van der Waals surface area contributed by atoms with Crippen molar-refractivity contribution >= 4 is 18.1 Å². The van der Waals surface area contributed by atoms with Crippen molar-refractivity contribution in [1.29, 1.82) is 0 Å². The van der Waals surface area contributed by atoms with Crippen molar-refractivity contribution in [3.8, 4) is 0 Å². The van der Waals surface area contributed by atoms with Gasteiger partial charge in [0, 0.05) is 0 Å². The second-order valence-corrected chi connectivity index (χ2v) is 2.74. The zero-order chi connectivity index (χ0) is 10.7. The molecule has 1 aromatic rings. The summed E-state index contributed by atoms with van der Waals surface area (Å²) in [7, 11) is 0. The van der Waals surface area contributed by atoms with Crippen LogP contribution in [0.1, 0.15) is 15.9 Å². The largest absolute Gasteiger partial charge is 0.478 e. The summed E-state index contributed by atoms with van der Waals surface area (Å²) in [4.78, 5) is 20.8. The van der Waals surface area contributed by atoms with Crippen molar-refractivity contribution in [3.63, 3.8) is 0 Å². The number of nitrogens with one attached hydrogen (secondary N) is 1. The van der Waals surface area contributed by atoms with Crippen molar-refractivity contribution in [1.82, 2.24) is 0 Å². The summed E-state index contributed by atoms with van der Waals surface area (Å²) in [5.74, 6) is -2.27. The number of carbonyl (C=O) groups is 2. The van der Waals surface area contributed by atoms with Gasteiger partial charge in [0.2, 0.25) is 6.41 Å². The molecule has 0 bridgehead atoms. The van der Waals surface area contributed by atoms with E-state index in [9.17, 15) is 14.0 Å². The molecule has 74 valence electrons. The van der Waals surface area contributed by atoms with Crippen molar-refractivity contribution in [2.75, 3.05) is 5.32 Å². The Labute approximate surface area is 79.4 Å². The minimum atomic E-state index is -1.41. The summed E-state index contributed by atoms with van der Waals surface area (Å²) >= 11 is 0. The lowest BCUT2D eigenvalue weighted by molar-refractivity contribution is -0.105. The average molecular weight is 197 g/mol. The Morgan fingerprint density at radius 2 is 2.21 bits per heavy atom. The molecule has 0 atom stereocenters. The van der Waals surface area contributed by atoms with Crippen LogP contribution < -0.4 is 5.32 Å². The van der Waals surface area contributed by atoms with Gasteiger partial charge in [0.1, 0.15) is 11.4 Å². The van der Waals surface area contributed by atoms with E-state index in [4.69, 9.17) is 5.11 Å². The van der Waals surface area contributed by atoms with Crippen LogP contribution in [-0.4, -0.2) is 17.5 Å². The quantitative estimate of drug-likeness (QED) is 0.720. The van der Waals surface area contributed by atoms with Crippen molar-refractivity contribution in [2.24, 2.45) is 0 Å². The first kappa shape index (κ1) is 10.2. The summed E-state index contributed by atoms with van der Waals surface area (Å²) in [6.45, 7) is 1.60. The maximum absolute atomic E-state index is 13.1. The van der Waals surface area contributed by atoms with E-state index >= 15 is 0 Å². The van der Waals surface area contributed by atoms with Gasteiger partial charge in [0.15, 0.2) is 0 Å². The highest BCUT2D eigenvalue weighted by atomic mass is 19.1. The van der Waals surface area contributed by atoms with Crippen molar-refractivity contribution in [2.45, 2.75) is 6.92 Å². The van der Waals surface area contributed by atoms with Gasteiger partial charge in [-0.05, 0) is 24.6 Å². The SMILES string of the molecule is Cc1cc(F)c(C(=O)O)c(NC=O)c1. The summed E-state index contributed by atoms with van der Waals surface area (Å²) in [6.07, 6.45) is 0.306. The molecule has 0 spiro atoms. The smallest absolute Gasteiger partial charge is 0.340 e. The molecule has 4 nitrogen and oxygen atoms in total. The normalized spacial score (nSPS) is 9.57. The number of rotatable bonds is 3. The van der Waals surface area contributed by atoms with Gasteiger partial charge in [-0.3, -0.25) is 4.79 Å². The average Bonchev–Trinajstić information content (AvgIpc) is 2.01. The molecule has 0 aromatic heterocycles. The molecule has 0 saturated carbocycles. The van der Waals surface area contributed by atoms with Gasteiger partial charge >= 0.3 is 5.97 Å². The molecule has 5 heteroatoms. The molecule has 0 aliphatic rings. The van der Waals surface area contributed by atoms with Crippen LogP contribution in [0.2, 0.25) is 0 Å². The Hall–Kier alpha value is -1.91. The molecule has 1 aromatic carbocycles. The number of benzene rings is 1. The lowest BCUT2D eigenvalue weighted by Crippen LogP contribution is -2.07. The Morgan fingerprint density at radius 3 is 2.71 bits per heavy atom. The highest BCUT2D eigenvalue weighted by molar-refractivity contribution is 5.97. The number of carbonyl (C=O) groups excluding carboxylic acids is 1. The number of hydrogen-bond acceptors (Lipinski definition) is 2. The molecule has 14 heavy (non-hydrogen) atoms. The molecule has 1 amide bonds. The zero-order valence-corrected chi connectivity index (χ0v) is 7.37. The second kappa shape index (κ2) is 3.87. The van der Waals surface area contributed by atoms with E-state index in [0.717, 1.165) is 6.07 Å². The standard InChI is InChI=1S/C9H8FNO3/c1-5-2-6(10)8(9(13)14)7(3-5)11-4-12/h2-4H,1H3,(H,11,12)(H,13,14). The van der Waals surface area contributed by atoms with Crippen LogP contribution in [0.15, 0.2) is 12.1 Å². The summed E-state index contributed by atoms with van der Waals surface area (Å²) < 4.78 is 13.1. The molecule has 2 N–H and O–H groups in total. The fraction of sp³-hybridized carbons (Fsp3) is 0.111. The molecule has 0 saturated heterocycles. The maximum Gasteiger partial charge on any atom is 0.340 e. The van der Waals surface area contributed by atoms with Crippen LogP contribution in [0, 0.1) is 12.7 Å². The Kier molecular flexibility index (Phi) is 2.81. The molecule has 0 aliphatic heterocycles. The van der Waals surface area contributed by atoms with Crippen molar-refractivity contribution < 1.29 is 19.1 Å². The molecule has 0 radical (unpaired) electrons. The predicted octanol–water partition coefficient (Wildman–Crippen LogP) is 1.40. The van der Waals surface area contributed by atoms with Crippen LogP contribution in [0.25, 0.3) is 0 Å². The van der Waals surface area contributed by atoms with Gasteiger partial charge in [0.05, 0.1) is 5.69 Å². The highest BCUT2D eigenvalue weighted by Gasteiger charge is 2.16. The molecule has 0 unspecified atom stereocenters. The molecular weight excluding hydrogens is 189 g/mol. The predicted molar refractivity (Wildman–Crippen MR) is 47.8 cm³/mol. The van der Waals surface area contributed by atoms with Crippen LogP contribution in [0.5, 0.6) is 0 Å². The van der Waals surface area contributed by atoms with E-state index in [1.54, 1.807) is 6.92 Å². The molecule has 1 rings (SSSR count). The van der Waals surface area contributed by atoms with E-state index in [0.29, 0.717) is 12.0 Å². The number of aryl methyl sites for hydroxylation is 1. The van der Waals surface area contributed by atoms with Crippen molar-refractivity contribution in [3.05, 3.63) is 29.1 Å².